The summed E-state index contributed by atoms with van der Waals surface area (Å²) in [5.41, 5.74) is 4.67. The molecule has 6 heteroatoms. The van der Waals surface area contributed by atoms with Crippen molar-refractivity contribution in [2.75, 3.05) is 12.3 Å². The van der Waals surface area contributed by atoms with Crippen molar-refractivity contribution < 1.29 is 8.42 Å². The van der Waals surface area contributed by atoms with E-state index in [0.717, 1.165) is 0 Å². The lowest BCUT2D eigenvalue weighted by Gasteiger charge is -2.22. The zero-order valence-electron chi connectivity index (χ0n) is 8.22. The van der Waals surface area contributed by atoms with Crippen LogP contribution >= 0.6 is 0 Å². The van der Waals surface area contributed by atoms with Crippen LogP contribution in [0.3, 0.4) is 0 Å². The average Bonchev–Trinajstić information content (AvgIpc) is 2.01. The van der Waals surface area contributed by atoms with Gasteiger partial charge in [0.15, 0.2) is 0 Å². The van der Waals surface area contributed by atoms with Gasteiger partial charge in [-0.25, -0.2) is 13.1 Å². The van der Waals surface area contributed by atoms with Crippen molar-refractivity contribution in [3.8, 4) is 0 Å². The van der Waals surface area contributed by atoms with Gasteiger partial charge in [0.2, 0.25) is 10.0 Å². The first-order valence-electron chi connectivity index (χ1n) is 4.03. The first-order chi connectivity index (χ1) is 5.71. The Morgan fingerprint density at radius 3 is 2.31 bits per heavy atom. The summed E-state index contributed by atoms with van der Waals surface area (Å²) in [6, 6.07) is 0. The highest BCUT2D eigenvalue weighted by Gasteiger charge is 2.23. The van der Waals surface area contributed by atoms with Gasteiger partial charge in [0, 0.05) is 12.0 Å². The third-order valence-electron chi connectivity index (χ3n) is 1.84. The molecule has 0 aromatic rings. The number of amidine groups is 1. The lowest BCUT2D eigenvalue weighted by molar-refractivity contribution is 0.493. The van der Waals surface area contributed by atoms with E-state index in [1.165, 1.54) is 0 Å². The summed E-state index contributed by atoms with van der Waals surface area (Å²) in [5, 5.41) is 7.20. The first kappa shape index (κ1) is 12.4. The van der Waals surface area contributed by atoms with Gasteiger partial charge in [0.25, 0.3) is 0 Å². The Morgan fingerprint density at radius 1 is 1.54 bits per heavy atom. The summed E-state index contributed by atoms with van der Waals surface area (Å²) in [7, 11) is -3.19. The Hall–Kier alpha value is -0.620. The van der Waals surface area contributed by atoms with Crippen molar-refractivity contribution in [2.45, 2.75) is 20.8 Å². The van der Waals surface area contributed by atoms with E-state index in [9.17, 15) is 8.42 Å². The Balaban J connectivity index is 4.26. The van der Waals surface area contributed by atoms with Crippen LogP contribution in [0.5, 0.6) is 0 Å². The molecule has 0 saturated carbocycles. The minimum atomic E-state index is -3.19. The van der Waals surface area contributed by atoms with Gasteiger partial charge in [-0.05, 0) is 6.92 Å². The molecule has 0 aliphatic heterocycles. The molecule has 4 N–H and O–H groups in total. The van der Waals surface area contributed by atoms with E-state index >= 15 is 0 Å². The summed E-state index contributed by atoms with van der Waals surface area (Å²) in [6.07, 6.45) is 0. The number of hydrogen-bond donors (Lipinski definition) is 3. The van der Waals surface area contributed by atoms with E-state index in [-0.39, 0.29) is 18.1 Å². The first-order valence-corrected chi connectivity index (χ1v) is 5.68. The molecule has 0 bridgehead atoms. The summed E-state index contributed by atoms with van der Waals surface area (Å²) < 4.78 is 24.5. The summed E-state index contributed by atoms with van der Waals surface area (Å²) >= 11 is 0. The van der Waals surface area contributed by atoms with Crippen molar-refractivity contribution in [3.63, 3.8) is 0 Å². The second kappa shape index (κ2) is 4.06. The molecule has 0 spiro atoms. The van der Waals surface area contributed by atoms with Crippen LogP contribution in [0.25, 0.3) is 0 Å². The largest absolute Gasteiger partial charge is 0.387 e. The molecule has 0 radical (unpaired) electrons. The number of sulfonamides is 1. The molecule has 0 amide bonds. The molecule has 0 unspecified atom stereocenters. The van der Waals surface area contributed by atoms with Gasteiger partial charge in [-0.15, -0.1) is 0 Å². The van der Waals surface area contributed by atoms with Crippen molar-refractivity contribution in [3.05, 3.63) is 0 Å². The SMILES string of the molecule is CCS(=O)(=O)NCC(C)(C)C(=N)N. The molecule has 5 nitrogen and oxygen atoms in total. The number of nitrogens with two attached hydrogens (primary N) is 1. The van der Waals surface area contributed by atoms with Crippen molar-refractivity contribution in [1.29, 1.82) is 5.41 Å². The van der Waals surface area contributed by atoms with Crippen LogP contribution in [0.1, 0.15) is 20.8 Å². The van der Waals surface area contributed by atoms with Gasteiger partial charge >= 0.3 is 0 Å². The smallest absolute Gasteiger partial charge is 0.211 e. The standard InChI is InChI=1S/C7H17N3O2S/c1-4-13(11,12)10-5-7(2,3)6(8)9/h10H,4-5H2,1-3H3,(H3,8,9). The van der Waals surface area contributed by atoms with Gasteiger partial charge in [-0.3, -0.25) is 5.41 Å². The van der Waals surface area contributed by atoms with Gasteiger partial charge in [0.05, 0.1) is 11.6 Å². The van der Waals surface area contributed by atoms with E-state index < -0.39 is 15.4 Å². The lowest BCUT2D eigenvalue weighted by atomic mass is 9.93. The molecule has 0 rings (SSSR count). The zero-order valence-corrected chi connectivity index (χ0v) is 9.03. The van der Waals surface area contributed by atoms with Crippen LogP contribution in [-0.4, -0.2) is 26.6 Å². The highest BCUT2D eigenvalue weighted by molar-refractivity contribution is 7.89. The molecule has 0 fully saturated rings. The molecule has 13 heavy (non-hydrogen) atoms. The average molecular weight is 207 g/mol. The number of nitrogens with one attached hydrogen (secondary N) is 2. The van der Waals surface area contributed by atoms with Gasteiger partial charge < -0.3 is 5.73 Å². The number of rotatable bonds is 5. The van der Waals surface area contributed by atoms with Gasteiger partial charge in [-0.2, -0.15) is 0 Å². The maximum atomic E-state index is 11.0. The minimum absolute atomic E-state index is 0.0219. The maximum absolute atomic E-state index is 11.0. The molecule has 0 aromatic heterocycles. The predicted octanol–water partition coefficient (Wildman–Crippen LogP) is -0.112. The Kier molecular flexibility index (Phi) is 3.87. The summed E-state index contributed by atoms with van der Waals surface area (Å²) in [6.45, 7) is 5.16. The molecule has 0 atom stereocenters. The summed E-state index contributed by atoms with van der Waals surface area (Å²) in [4.78, 5) is 0. The zero-order chi connectivity index (χ0) is 10.7. The topological polar surface area (TPSA) is 96.0 Å². The fraction of sp³-hybridized carbons (Fsp3) is 0.857. The van der Waals surface area contributed by atoms with E-state index in [0.29, 0.717) is 0 Å². The second-order valence-corrected chi connectivity index (χ2v) is 5.62. The van der Waals surface area contributed by atoms with Crippen LogP contribution in [-0.2, 0) is 10.0 Å². The normalized spacial score (nSPS) is 12.8. The minimum Gasteiger partial charge on any atom is -0.387 e. The van der Waals surface area contributed by atoms with Crippen molar-refractivity contribution in [1.82, 2.24) is 4.72 Å². The molecule has 0 saturated heterocycles. The van der Waals surface area contributed by atoms with Crippen LogP contribution in [0, 0.1) is 10.8 Å². The van der Waals surface area contributed by atoms with Crippen LogP contribution in [0.2, 0.25) is 0 Å². The lowest BCUT2D eigenvalue weighted by Crippen LogP contribution is -2.42. The third kappa shape index (κ3) is 4.23. The van der Waals surface area contributed by atoms with E-state index in [4.69, 9.17) is 11.1 Å². The highest BCUT2D eigenvalue weighted by Crippen LogP contribution is 2.12. The molecule has 78 valence electrons. The predicted molar refractivity (Wildman–Crippen MR) is 53.2 cm³/mol. The van der Waals surface area contributed by atoms with Crippen LogP contribution in [0.15, 0.2) is 0 Å². The fourth-order valence-corrected chi connectivity index (χ4v) is 1.27. The van der Waals surface area contributed by atoms with Crippen molar-refractivity contribution >= 4 is 15.9 Å². The third-order valence-corrected chi connectivity index (χ3v) is 3.19. The van der Waals surface area contributed by atoms with Crippen LogP contribution in [0.4, 0.5) is 0 Å². The van der Waals surface area contributed by atoms with Crippen LogP contribution < -0.4 is 10.5 Å². The van der Waals surface area contributed by atoms with Crippen molar-refractivity contribution in [2.24, 2.45) is 11.1 Å². The van der Waals surface area contributed by atoms with E-state index in [2.05, 4.69) is 4.72 Å². The Labute approximate surface area is 79.3 Å². The molecule has 0 aliphatic carbocycles. The van der Waals surface area contributed by atoms with Gasteiger partial charge in [-0.1, -0.05) is 13.8 Å². The van der Waals surface area contributed by atoms with E-state index in [1.807, 2.05) is 0 Å². The number of hydrogen-bond acceptors (Lipinski definition) is 3. The monoisotopic (exact) mass is 207 g/mol. The van der Waals surface area contributed by atoms with Gasteiger partial charge in [0.1, 0.15) is 0 Å². The fourth-order valence-electron chi connectivity index (χ4n) is 0.488. The molecule has 0 heterocycles. The molecule has 0 aromatic carbocycles. The highest BCUT2D eigenvalue weighted by atomic mass is 32.2. The van der Waals surface area contributed by atoms with E-state index in [1.54, 1.807) is 20.8 Å². The quantitative estimate of drug-likeness (QED) is 0.433. The molecular weight excluding hydrogens is 190 g/mol. The molecular formula is C7H17N3O2S. The molecule has 0 aliphatic rings. The second-order valence-electron chi connectivity index (χ2n) is 3.52. The Morgan fingerprint density at radius 2 is 2.00 bits per heavy atom. The Bertz CT molecular complexity index is 282. The maximum Gasteiger partial charge on any atom is 0.211 e. The summed E-state index contributed by atoms with van der Waals surface area (Å²) in [5.74, 6) is 0.0207.